The van der Waals surface area contributed by atoms with Gasteiger partial charge in [0, 0.05) is 11.1 Å². The molecule has 0 amide bonds. The lowest BCUT2D eigenvalue weighted by Crippen LogP contribution is -2.21. The molecule has 0 spiro atoms. The van der Waals surface area contributed by atoms with Crippen molar-refractivity contribution in [3.05, 3.63) is 72.3 Å². The van der Waals surface area contributed by atoms with Gasteiger partial charge >= 0.3 is 0 Å². The third-order valence-electron chi connectivity index (χ3n) is 3.05. The van der Waals surface area contributed by atoms with Crippen LogP contribution in [-0.4, -0.2) is 14.9 Å². The maximum absolute atomic E-state index is 9.89. The first-order chi connectivity index (χ1) is 9.75. The van der Waals surface area contributed by atoms with Crippen LogP contribution in [0.2, 0.25) is 0 Å². The summed E-state index contributed by atoms with van der Waals surface area (Å²) in [6.45, 7) is 0. The molecule has 0 bridgehead atoms. The molecule has 20 heavy (non-hydrogen) atoms. The summed E-state index contributed by atoms with van der Waals surface area (Å²) in [6, 6.07) is 19.0. The van der Waals surface area contributed by atoms with Crippen LogP contribution in [-0.2, 0) is 0 Å². The minimum absolute atomic E-state index is 0.0316. The van der Waals surface area contributed by atoms with Gasteiger partial charge in [-0.25, -0.2) is 4.98 Å². The lowest BCUT2D eigenvalue weighted by Gasteiger charge is -2.08. The molecule has 4 nitrogen and oxygen atoms in total. The number of aromatic nitrogens is 2. The standard InChI is InChI=1S/C16H13N3O/c17-16-15(13-9-5-2-6-10-13)18-14(11-19(16)20)12-7-3-1-4-8-12/h1-11,17,20H. The van der Waals surface area contributed by atoms with Crippen LogP contribution in [0.5, 0.6) is 0 Å². The highest BCUT2D eigenvalue weighted by molar-refractivity contribution is 5.64. The fourth-order valence-corrected chi connectivity index (χ4v) is 2.04. The van der Waals surface area contributed by atoms with Gasteiger partial charge in [0.2, 0.25) is 0 Å². The van der Waals surface area contributed by atoms with Gasteiger partial charge in [-0.3, -0.25) is 5.41 Å². The Morgan fingerprint density at radius 1 is 0.850 bits per heavy atom. The molecular formula is C16H13N3O. The summed E-state index contributed by atoms with van der Waals surface area (Å²) in [5.41, 5.74) is 2.75. The van der Waals surface area contributed by atoms with E-state index in [4.69, 9.17) is 5.41 Å². The Kier molecular flexibility index (Phi) is 3.05. The van der Waals surface area contributed by atoms with Crippen molar-refractivity contribution in [3.63, 3.8) is 0 Å². The van der Waals surface area contributed by atoms with Crippen molar-refractivity contribution in [3.8, 4) is 22.5 Å². The van der Waals surface area contributed by atoms with E-state index in [0.717, 1.165) is 15.9 Å². The molecule has 3 aromatic rings. The van der Waals surface area contributed by atoms with E-state index in [9.17, 15) is 5.21 Å². The Morgan fingerprint density at radius 2 is 1.40 bits per heavy atom. The molecule has 98 valence electrons. The van der Waals surface area contributed by atoms with Gasteiger partial charge in [-0.05, 0) is 0 Å². The monoisotopic (exact) mass is 263 g/mol. The third-order valence-corrected chi connectivity index (χ3v) is 3.05. The lowest BCUT2D eigenvalue weighted by molar-refractivity contribution is 0.170. The van der Waals surface area contributed by atoms with Crippen molar-refractivity contribution in [2.24, 2.45) is 0 Å². The molecule has 0 unspecified atom stereocenters. The lowest BCUT2D eigenvalue weighted by atomic mass is 10.1. The number of nitrogens with zero attached hydrogens (tertiary/aromatic N) is 2. The Morgan fingerprint density at radius 3 is 2.00 bits per heavy atom. The summed E-state index contributed by atoms with van der Waals surface area (Å²) in [4.78, 5) is 4.51. The molecule has 0 saturated heterocycles. The number of hydrogen-bond acceptors (Lipinski definition) is 3. The molecule has 3 rings (SSSR count). The Labute approximate surface area is 116 Å². The van der Waals surface area contributed by atoms with Crippen molar-refractivity contribution in [1.82, 2.24) is 9.71 Å². The molecule has 0 saturated carbocycles. The second-order valence-electron chi connectivity index (χ2n) is 4.40. The van der Waals surface area contributed by atoms with E-state index < -0.39 is 0 Å². The predicted octanol–water partition coefficient (Wildman–Crippen LogP) is 2.93. The Hall–Kier alpha value is -2.88. The highest BCUT2D eigenvalue weighted by Crippen LogP contribution is 2.19. The second kappa shape index (κ2) is 5.01. The third kappa shape index (κ3) is 2.19. The fraction of sp³-hybridized carbons (Fsp3) is 0. The summed E-state index contributed by atoms with van der Waals surface area (Å²) in [5, 5.41) is 17.8. The van der Waals surface area contributed by atoms with Gasteiger partial charge in [0.1, 0.15) is 5.69 Å². The topological polar surface area (TPSA) is 61.9 Å². The SMILES string of the molecule is N=c1c(-c2ccccc2)nc(-c2ccccc2)cn1O. The zero-order valence-electron chi connectivity index (χ0n) is 10.7. The van der Waals surface area contributed by atoms with E-state index in [1.165, 1.54) is 6.20 Å². The molecule has 0 fully saturated rings. The maximum Gasteiger partial charge on any atom is 0.187 e. The van der Waals surface area contributed by atoms with Crippen LogP contribution in [0.4, 0.5) is 0 Å². The maximum atomic E-state index is 9.89. The number of rotatable bonds is 2. The van der Waals surface area contributed by atoms with E-state index in [1.54, 1.807) is 0 Å². The molecule has 4 heteroatoms. The summed E-state index contributed by atoms with van der Waals surface area (Å²) in [5.74, 6) is 0. The minimum atomic E-state index is -0.0316. The quantitative estimate of drug-likeness (QED) is 0.698. The molecule has 0 aliphatic heterocycles. The minimum Gasteiger partial charge on any atom is -0.427 e. The second-order valence-corrected chi connectivity index (χ2v) is 4.40. The van der Waals surface area contributed by atoms with E-state index in [2.05, 4.69) is 4.98 Å². The zero-order chi connectivity index (χ0) is 13.9. The largest absolute Gasteiger partial charge is 0.427 e. The van der Waals surface area contributed by atoms with E-state index in [-0.39, 0.29) is 5.49 Å². The molecule has 2 aromatic carbocycles. The summed E-state index contributed by atoms with van der Waals surface area (Å²) >= 11 is 0. The summed E-state index contributed by atoms with van der Waals surface area (Å²) < 4.78 is 0.803. The van der Waals surface area contributed by atoms with Gasteiger partial charge in [-0.15, -0.1) is 0 Å². The molecule has 2 N–H and O–H groups in total. The highest BCUT2D eigenvalue weighted by atomic mass is 16.5. The number of hydrogen-bond donors (Lipinski definition) is 2. The van der Waals surface area contributed by atoms with Crippen LogP contribution in [0.1, 0.15) is 0 Å². The van der Waals surface area contributed by atoms with E-state index in [1.807, 2.05) is 60.7 Å². The van der Waals surface area contributed by atoms with Crippen molar-refractivity contribution in [1.29, 1.82) is 5.41 Å². The summed E-state index contributed by atoms with van der Waals surface area (Å²) in [6.07, 6.45) is 1.45. The smallest absolute Gasteiger partial charge is 0.187 e. The van der Waals surface area contributed by atoms with Gasteiger partial charge in [-0.2, -0.15) is 4.73 Å². The molecule has 1 aromatic heterocycles. The highest BCUT2D eigenvalue weighted by Gasteiger charge is 2.08. The molecule has 0 radical (unpaired) electrons. The molecule has 0 aliphatic carbocycles. The van der Waals surface area contributed by atoms with Crippen LogP contribution >= 0.6 is 0 Å². The van der Waals surface area contributed by atoms with Crippen LogP contribution in [0, 0.1) is 5.41 Å². The van der Waals surface area contributed by atoms with Gasteiger partial charge < -0.3 is 5.21 Å². The van der Waals surface area contributed by atoms with Crippen molar-refractivity contribution < 1.29 is 5.21 Å². The van der Waals surface area contributed by atoms with Gasteiger partial charge in [0.25, 0.3) is 0 Å². The average molecular weight is 263 g/mol. The Balaban J connectivity index is 2.22. The first kappa shape index (κ1) is 12.2. The van der Waals surface area contributed by atoms with Crippen molar-refractivity contribution >= 4 is 0 Å². The molecular weight excluding hydrogens is 250 g/mol. The summed E-state index contributed by atoms with van der Waals surface area (Å²) in [7, 11) is 0. The normalized spacial score (nSPS) is 10.4. The van der Waals surface area contributed by atoms with Crippen LogP contribution in [0.3, 0.4) is 0 Å². The molecule has 0 atom stereocenters. The van der Waals surface area contributed by atoms with Gasteiger partial charge in [0.05, 0.1) is 11.9 Å². The van der Waals surface area contributed by atoms with E-state index >= 15 is 0 Å². The van der Waals surface area contributed by atoms with Crippen LogP contribution in [0.25, 0.3) is 22.5 Å². The Bertz CT molecular complexity index is 780. The zero-order valence-corrected chi connectivity index (χ0v) is 10.7. The number of benzene rings is 2. The number of nitrogens with one attached hydrogen (secondary N) is 1. The van der Waals surface area contributed by atoms with Crippen molar-refractivity contribution in [2.45, 2.75) is 0 Å². The molecule has 1 heterocycles. The van der Waals surface area contributed by atoms with Crippen LogP contribution in [0.15, 0.2) is 66.9 Å². The molecule has 0 aliphatic rings. The first-order valence-electron chi connectivity index (χ1n) is 6.24. The fourth-order valence-electron chi connectivity index (χ4n) is 2.04. The van der Waals surface area contributed by atoms with E-state index in [0.29, 0.717) is 11.4 Å². The van der Waals surface area contributed by atoms with Gasteiger partial charge in [0.15, 0.2) is 5.49 Å². The average Bonchev–Trinajstić information content (AvgIpc) is 2.51. The van der Waals surface area contributed by atoms with Gasteiger partial charge in [-0.1, -0.05) is 60.7 Å². The predicted molar refractivity (Wildman–Crippen MR) is 76.1 cm³/mol. The first-order valence-corrected chi connectivity index (χ1v) is 6.24. The van der Waals surface area contributed by atoms with Crippen molar-refractivity contribution in [2.75, 3.05) is 0 Å². The van der Waals surface area contributed by atoms with Crippen LogP contribution < -0.4 is 5.49 Å².